The predicted octanol–water partition coefficient (Wildman–Crippen LogP) is 4.24. The first-order valence-electron chi connectivity index (χ1n) is 9.06. The van der Waals surface area contributed by atoms with Crippen LogP contribution in [0.3, 0.4) is 0 Å². The van der Waals surface area contributed by atoms with Crippen LogP contribution in [0.5, 0.6) is 0 Å². The topological polar surface area (TPSA) is 72.5 Å². The van der Waals surface area contributed by atoms with Gasteiger partial charge in [0, 0.05) is 12.5 Å². The SMILES string of the molecule is C[C@H]1[C@@H](NC(=O)[C@@H](C)OC(=O)CCC(=O)c2ccc(Cl)s2)CCC[C@@H]1C. The lowest BCUT2D eigenvalue weighted by molar-refractivity contribution is -0.155. The summed E-state index contributed by atoms with van der Waals surface area (Å²) >= 11 is 6.99. The van der Waals surface area contributed by atoms with Gasteiger partial charge in [-0.05, 0) is 37.3 Å². The number of nitrogens with one attached hydrogen (secondary N) is 1. The van der Waals surface area contributed by atoms with E-state index in [4.69, 9.17) is 16.3 Å². The van der Waals surface area contributed by atoms with Crippen molar-refractivity contribution in [3.8, 4) is 0 Å². The van der Waals surface area contributed by atoms with Crippen LogP contribution < -0.4 is 5.32 Å². The highest BCUT2D eigenvalue weighted by Crippen LogP contribution is 2.29. The van der Waals surface area contributed by atoms with E-state index in [1.807, 2.05) is 0 Å². The van der Waals surface area contributed by atoms with E-state index < -0.39 is 12.1 Å². The van der Waals surface area contributed by atoms with Crippen molar-refractivity contribution in [1.82, 2.24) is 5.32 Å². The molecule has 1 aromatic heterocycles. The van der Waals surface area contributed by atoms with Crippen LogP contribution in [0.1, 0.15) is 62.5 Å². The molecule has 1 aliphatic rings. The summed E-state index contributed by atoms with van der Waals surface area (Å²) in [6, 6.07) is 3.41. The van der Waals surface area contributed by atoms with Gasteiger partial charge in [-0.1, -0.05) is 38.3 Å². The predicted molar refractivity (Wildman–Crippen MR) is 103 cm³/mol. The van der Waals surface area contributed by atoms with E-state index in [-0.39, 0.29) is 30.6 Å². The van der Waals surface area contributed by atoms with Gasteiger partial charge >= 0.3 is 5.97 Å². The zero-order valence-corrected chi connectivity index (χ0v) is 17.0. The minimum Gasteiger partial charge on any atom is -0.453 e. The number of thiophene rings is 1. The lowest BCUT2D eigenvalue weighted by Gasteiger charge is -2.35. The fourth-order valence-electron chi connectivity index (χ4n) is 3.20. The number of halogens is 1. The van der Waals surface area contributed by atoms with Crippen molar-refractivity contribution in [2.24, 2.45) is 11.8 Å². The number of Topliss-reactive ketones (excluding diaryl/α,β-unsaturated/α-hetero) is 1. The van der Waals surface area contributed by atoms with Gasteiger partial charge in [-0.15, -0.1) is 11.3 Å². The Kier molecular flexibility index (Phi) is 7.65. The molecule has 1 aliphatic carbocycles. The van der Waals surface area contributed by atoms with Crippen LogP contribution in [0.4, 0.5) is 0 Å². The molecular formula is C19H26ClNO4S. The molecule has 1 heterocycles. The van der Waals surface area contributed by atoms with Crippen LogP contribution in [0.25, 0.3) is 0 Å². The highest BCUT2D eigenvalue weighted by Gasteiger charge is 2.30. The van der Waals surface area contributed by atoms with E-state index in [0.29, 0.717) is 21.0 Å². The van der Waals surface area contributed by atoms with Crippen molar-refractivity contribution in [1.29, 1.82) is 0 Å². The summed E-state index contributed by atoms with van der Waals surface area (Å²) in [6.45, 7) is 5.91. The van der Waals surface area contributed by atoms with Crippen molar-refractivity contribution >= 4 is 40.6 Å². The molecule has 0 bridgehead atoms. The van der Waals surface area contributed by atoms with E-state index >= 15 is 0 Å². The van der Waals surface area contributed by atoms with Crippen molar-refractivity contribution in [3.05, 3.63) is 21.3 Å². The first-order valence-corrected chi connectivity index (χ1v) is 10.3. The summed E-state index contributed by atoms with van der Waals surface area (Å²) in [7, 11) is 0. The lowest BCUT2D eigenvalue weighted by atomic mass is 9.78. The molecule has 144 valence electrons. The number of ether oxygens (including phenoxy) is 1. The van der Waals surface area contributed by atoms with E-state index in [9.17, 15) is 14.4 Å². The lowest BCUT2D eigenvalue weighted by Crippen LogP contribution is -2.47. The molecule has 1 fully saturated rings. The highest BCUT2D eigenvalue weighted by molar-refractivity contribution is 7.18. The molecule has 0 spiro atoms. The van der Waals surface area contributed by atoms with E-state index in [1.54, 1.807) is 19.1 Å². The molecule has 1 saturated carbocycles. The third-order valence-electron chi connectivity index (χ3n) is 5.12. The van der Waals surface area contributed by atoms with Crippen molar-refractivity contribution in [2.45, 2.75) is 65.0 Å². The van der Waals surface area contributed by atoms with E-state index in [1.165, 1.54) is 17.8 Å². The number of carbonyl (C=O) groups is 3. The number of esters is 1. The van der Waals surface area contributed by atoms with E-state index in [0.717, 1.165) is 12.8 Å². The first-order chi connectivity index (χ1) is 12.3. The van der Waals surface area contributed by atoms with Gasteiger partial charge in [0.15, 0.2) is 11.9 Å². The van der Waals surface area contributed by atoms with E-state index in [2.05, 4.69) is 19.2 Å². The molecule has 5 nitrogen and oxygen atoms in total. The molecule has 1 amide bonds. The Hall–Kier alpha value is -1.40. The monoisotopic (exact) mass is 399 g/mol. The molecule has 0 unspecified atom stereocenters. The second-order valence-electron chi connectivity index (χ2n) is 7.04. The molecule has 0 aliphatic heterocycles. The van der Waals surface area contributed by atoms with Crippen LogP contribution in [-0.2, 0) is 14.3 Å². The Morgan fingerprint density at radius 2 is 2.00 bits per heavy atom. The van der Waals surface area contributed by atoms with Crippen molar-refractivity contribution < 1.29 is 19.1 Å². The highest BCUT2D eigenvalue weighted by atomic mass is 35.5. The Labute approximate surface area is 163 Å². The number of amides is 1. The normalized spacial score (nSPS) is 23.9. The van der Waals surface area contributed by atoms with Gasteiger partial charge in [-0.3, -0.25) is 14.4 Å². The molecular weight excluding hydrogens is 374 g/mol. The summed E-state index contributed by atoms with van der Waals surface area (Å²) in [5.41, 5.74) is 0. The molecule has 0 saturated heterocycles. The standard InChI is InChI=1S/C19H26ClNO4S/c1-11-5-4-6-14(12(11)2)21-19(24)13(3)25-18(23)10-7-15(22)16-8-9-17(20)26-16/h8-9,11-14H,4-7,10H2,1-3H3,(H,21,24)/t11-,12+,13+,14-/m0/s1. The van der Waals surface area contributed by atoms with Gasteiger partial charge in [-0.2, -0.15) is 0 Å². The minimum atomic E-state index is -0.863. The molecule has 1 aromatic rings. The summed E-state index contributed by atoms with van der Waals surface area (Å²) in [5.74, 6) is 0.00451. The number of carbonyl (C=O) groups excluding carboxylic acids is 3. The number of hydrogen-bond acceptors (Lipinski definition) is 5. The van der Waals surface area contributed by atoms with Gasteiger partial charge in [0.25, 0.3) is 5.91 Å². The number of rotatable bonds is 7. The number of hydrogen-bond donors (Lipinski definition) is 1. The van der Waals surface area contributed by atoms with Gasteiger partial charge < -0.3 is 10.1 Å². The number of ketones is 1. The minimum absolute atomic E-state index is 0.0428. The Morgan fingerprint density at radius 1 is 1.27 bits per heavy atom. The largest absolute Gasteiger partial charge is 0.453 e. The Morgan fingerprint density at radius 3 is 2.65 bits per heavy atom. The average Bonchev–Trinajstić information content (AvgIpc) is 3.03. The average molecular weight is 400 g/mol. The molecule has 26 heavy (non-hydrogen) atoms. The fraction of sp³-hybridized carbons (Fsp3) is 0.632. The summed E-state index contributed by atoms with van der Waals surface area (Å²) in [4.78, 5) is 36.7. The molecule has 1 N–H and O–H groups in total. The third-order valence-corrected chi connectivity index (χ3v) is 6.39. The van der Waals surface area contributed by atoms with Crippen LogP contribution in [0.15, 0.2) is 12.1 Å². The zero-order valence-electron chi connectivity index (χ0n) is 15.4. The van der Waals surface area contributed by atoms with Gasteiger partial charge in [0.2, 0.25) is 0 Å². The van der Waals surface area contributed by atoms with Gasteiger partial charge in [0.1, 0.15) is 0 Å². The maximum absolute atomic E-state index is 12.3. The molecule has 7 heteroatoms. The quantitative estimate of drug-likeness (QED) is 0.549. The molecule has 0 aromatic carbocycles. The Balaban J connectivity index is 1.75. The van der Waals surface area contributed by atoms with Gasteiger partial charge in [-0.25, -0.2) is 0 Å². The van der Waals surface area contributed by atoms with Crippen molar-refractivity contribution in [2.75, 3.05) is 0 Å². The summed E-state index contributed by atoms with van der Waals surface area (Å²) in [6.07, 6.45) is 2.36. The van der Waals surface area contributed by atoms with Crippen LogP contribution in [0.2, 0.25) is 4.34 Å². The molecule has 4 atom stereocenters. The maximum Gasteiger partial charge on any atom is 0.307 e. The van der Waals surface area contributed by atoms with Crippen LogP contribution in [-0.4, -0.2) is 29.8 Å². The van der Waals surface area contributed by atoms with Crippen LogP contribution in [0, 0.1) is 11.8 Å². The second-order valence-corrected chi connectivity index (χ2v) is 8.76. The zero-order chi connectivity index (χ0) is 19.3. The van der Waals surface area contributed by atoms with Gasteiger partial charge in [0.05, 0.1) is 15.6 Å². The fourth-order valence-corrected chi connectivity index (χ4v) is 4.21. The Bertz CT molecular complexity index is 660. The smallest absolute Gasteiger partial charge is 0.307 e. The van der Waals surface area contributed by atoms with Crippen LogP contribution >= 0.6 is 22.9 Å². The molecule has 0 radical (unpaired) electrons. The third kappa shape index (κ3) is 5.81. The first kappa shape index (κ1) is 20.9. The summed E-state index contributed by atoms with van der Waals surface area (Å²) in [5, 5.41) is 3.00. The molecule has 2 rings (SSSR count). The van der Waals surface area contributed by atoms with Crippen molar-refractivity contribution in [3.63, 3.8) is 0 Å². The second kappa shape index (κ2) is 9.51. The maximum atomic E-state index is 12.3. The summed E-state index contributed by atoms with van der Waals surface area (Å²) < 4.78 is 5.72.